The van der Waals surface area contributed by atoms with Gasteiger partial charge in [0, 0.05) is 10.9 Å². The summed E-state index contributed by atoms with van der Waals surface area (Å²) < 4.78 is 6.03. The van der Waals surface area contributed by atoms with Crippen LogP contribution >= 0.6 is 11.6 Å². The largest absolute Gasteiger partial charge is 0.459 e. The fourth-order valence-corrected chi connectivity index (χ4v) is 2.66. The van der Waals surface area contributed by atoms with E-state index in [2.05, 4.69) is 33.0 Å². The van der Waals surface area contributed by atoms with E-state index in [1.54, 1.807) is 0 Å². The second kappa shape index (κ2) is 4.60. The van der Waals surface area contributed by atoms with E-state index in [-0.39, 0.29) is 5.41 Å². The lowest BCUT2D eigenvalue weighted by Gasteiger charge is -2.19. The van der Waals surface area contributed by atoms with E-state index in [1.807, 2.05) is 19.2 Å². The zero-order valence-corrected chi connectivity index (χ0v) is 12.4. The Morgan fingerprint density at radius 2 is 1.94 bits per heavy atom. The van der Waals surface area contributed by atoms with Gasteiger partial charge in [0.15, 0.2) is 0 Å². The molecule has 2 aromatic rings. The molecule has 0 radical (unpaired) electrons. The minimum absolute atomic E-state index is 0.00880. The highest BCUT2D eigenvalue weighted by Crippen LogP contribution is 2.40. The molecule has 0 unspecified atom stereocenters. The van der Waals surface area contributed by atoms with Crippen LogP contribution in [-0.4, -0.2) is 7.05 Å². The van der Waals surface area contributed by atoms with Gasteiger partial charge in [-0.1, -0.05) is 38.4 Å². The highest BCUT2D eigenvalue weighted by Gasteiger charge is 2.26. The lowest BCUT2D eigenvalue weighted by Crippen LogP contribution is -2.16. The minimum atomic E-state index is 0.00880. The molecule has 0 amide bonds. The topological polar surface area (TPSA) is 25.2 Å². The molecule has 1 heterocycles. The maximum atomic E-state index is 6.37. The Morgan fingerprint density at radius 1 is 1.28 bits per heavy atom. The second-order valence-corrected chi connectivity index (χ2v) is 6.16. The Morgan fingerprint density at radius 3 is 2.50 bits per heavy atom. The molecule has 0 bridgehead atoms. The third kappa shape index (κ3) is 2.15. The average Bonchev–Trinajstić information content (AvgIpc) is 2.64. The summed E-state index contributed by atoms with van der Waals surface area (Å²) in [7, 11) is 1.92. The van der Waals surface area contributed by atoms with Crippen molar-refractivity contribution in [3.8, 4) is 0 Å². The number of aryl methyl sites for hydroxylation is 1. The zero-order chi connectivity index (χ0) is 13.5. The molecule has 0 aliphatic rings. The standard InChI is InChI=1S/C15H20ClNO/c1-9-6-7-10(16)12-13(15(2,3)4)11(8-17-5)18-14(9)12/h6-7,17H,8H2,1-5H3. The van der Waals surface area contributed by atoms with E-state index in [1.165, 1.54) is 5.56 Å². The van der Waals surface area contributed by atoms with E-state index in [9.17, 15) is 0 Å². The van der Waals surface area contributed by atoms with Gasteiger partial charge in [0.25, 0.3) is 0 Å². The van der Waals surface area contributed by atoms with E-state index in [4.69, 9.17) is 16.0 Å². The number of nitrogens with one attached hydrogen (secondary N) is 1. The van der Waals surface area contributed by atoms with Gasteiger partial charge < -0.3 is 9.73 Å². The van der Waals surface area contributed by atoms with Crippen molar-refractivity contribution in [3.63, 3.8) is 0 Å². The summed E-state index contributed by atoms with van der Waals surface area (Å²) in [6, 6.07) is 3.96. The predicted octanol–water partition coefficient (Wildman–Crippen LogP) is 4.41. The maximum Gasteiger partial charge on any atom is 0.139 e. The predicted molar refractivity (Wildman–Crippen MR) is 77.4 cm³/mol. The molecule has 1 N–H and O–H groups in total. The molecule has 98 valence electrons. The van der Waals surface area contributed by atoms with Gasteiger partial charge in [-0.05, 0) is 31.0 Å². The van der Waals surface area contributed by atoms with Crippen LogP contribution in [0.25, 0.3) is 11.0 Å². The molecular weight excluding hydrogens is 246 g/mol. The number of fused-ring (bicyclic) bond motifs is 1. The van der Waals surface area contributed by atoms with E-state index in [0.717, 1.165) is 33.9 Å². The molecule has 0 aliphatic heterocycles. The SMILES string of the molecule is CNCc1oc2c(C)ccc(Cl)c2c1C(C)(C)C. The molecule has 2 rings (SSSR count). The van der Waals surface area contributed by atoms with Gasteiger partial charge in [0.2, 0.25) is 0 Å². The Hall–Kier alpha value is -0.990. The highest BCUT2D eigenvalue weighted by atomic mass is 35.5. The van der Waals surface area contributed by atoms with Crippen molar-refractivity contribution in [3.05, 3.63) is 34.0 Å². The van der Waals surface area contributed by atoms with Crippen molar-refractivity contribution in [2.45, 2.75) is 39.7 Å². The third-order valence-corrected chi connectivity index (χ3v) is 3.46. The third-order valence-electron chi connectivity index (χ3n) is 3.15. The molecule has 3 heteroatoms. The van der Waals surface area contributed by atoms with Crippen LogP contribution in [0.3, 0.4) is 0 Å². The van der Waals surface area contributed by atoms with Gasteiger partial charge in [-0.3, -0.25) is 0 Å². The Labute approximate surface area is 113 Å². The van der Waals surface area contributed by atoms with Crippen LogP contribution in [0, 0.1) is 6.92 Å². The fraction of sp³-hybridized carbons (Fsp3) is 0.467. The molecule has 1 aromatic heterocycles. The number of rotatable bonds is 2. The summed E-state index contributed by atoms with van der Waals surface area (Å²) in [6.07, 6.45) is 0. The zero-order valence-electron chi connectivity index (χ0n) is 11.6. The molecule has 0 spiro atoms. The van der Waals surface area contributed by atoms with Crippen LogP contribution in [0.5, 0.6) is 0 Å². The molecule has 2 nitrogen and oxygen atoms in total. The molecule has 0 fully saturated rings. The lowest BCUT2D eigenvalue weighted by molar-refractivity contribution is 0.494. The number of furan rings is 1. The van der Waals surface area contributed by atoms with Crippen LogP contribution in [-0.2, 0) is 12.0 Å². The lowest BCUT2D eigenvalue weighted by atomic mass is 9.84. The first-order valence-electron chi connectivity index (χ1n) is 6.22. The van der Waals surface area contributed by atoms with Gasteiger partial charge in [-0.25, -0.2) is 0 Å². The Balaban J connectivity index is 2.85. The van der Waals surface area contributed by atoms with Crippen LogP contribution in [0.4, 0.5) is 0 Å². The molecule has 0 aliphatic carbocycles. The summed E-state index contributed by atoms with van der Waals surface area (Å²) in [6.45, 7) is 9.34. The van der Waals surface area contributed by atoms with Crippen LogP contribution in [0.15, 0.2) is 16.5 Å². The van der Waals surface area contributed by atoms with E-state index in [0.29, 0.717) is 0 Å². The van der Waals surface area contributed by atoms with Crippen LogP contribution in [0.2, 0.25) is 5.02 Å². The number of benzene rings is 1. The summed E-state index contributed by atoms with van der Waals surface area (Å²) in [5.74, 6) is 0.983. The van der Waals surface area contributed by atoms with Gasteiger partial charge in [0.1, 0.15) is 11.3 Å². The highest BCUT2D eigenvalue weighted by molar-refractivity contribution is 6.35. The van der Waals surface area contributed by atoms with Crippen molar-refractivity contribution in [1.29, 1.82) is 0 Å². The number of hydrogen-bond acceptors (Lipinski definition) is 2. The average molecular weight is 266 g/mol. The van der Waals surface area contributed by atoms with Crippen molar-refractivity contribution >= 4 is 22.6 Å². The minimum Gasteiger partial charge on any atom is -0.459 e. The first-order valence-corrected chi connectivity index (χ1v) is 6.59. The van der Waals surface area contributed by atoms with Crippen LogP contribution in [0.1, 0.15) is 37.7 Å². The maximum absolute atomic E-state index is 6.37. The van der Waals surface area contributed by atoms with E-state index >= 15 is 0 Å². The first kappa shape index (κ1) is 13.4. The number of halogens is 1. The van der Waals surface area contributed by atoms with Gasteiger partial charge in [0.05, 0.1) is 11.6 Å². The molecule has 1 aromatic carbocycles. The Kier molecular flexibility index (Phi) is 3.43. The molecular formula is C15H20ClNO. The van der Waals surface area contributed by atoms with Gasteiger partial charge in [-0.2, -0.15) is 0 Å². The molecule has 18 heavy (non-hydrogen) atoms. The van der Waals surface area contributed by atoms with E-state index < -0.39 is 0 Å². The molecule has 0 saturated carbocycles. The number of hydrogen-bond donors (Lipinski definition) is 1. The fourth-order valence-electron chi connectivity index (χ4n) is 2.42. The summed E-state index contributed by atoms with van der Waals surface area (Å²) in [5, 5.41) is 4.99. The quantitative estimate of drug-likeness (QED) is 0.870. The van der Waals surface area contributed by atoms with Gasteiger partial charge in [-0.15, -0.1) is 0 Å². The summed E-state index contributed by atoms with van der Waals surface area (Å²) >= 11 is 6.37. The normalized spacial score (nSPS) is 12.3. The molecule has 0 saturated heterocycles. The first-order chi connectivity index (χ1) is 8.36. The monoisotopic (exact) mass is 265 g/mol. The van der Waals surface area contributed by atoms with Crippen LogP contribution < -0.4 is 5.32 Å². The second-order valence-electron chi connectivity index (χ2n) is 5.75. The Bertz CT molecular complexity index is 578. The molecule has 0 atom stereocenters. The van der Waals surface area contributed by atoms with Crippen molar-refractivity contribution in [2.75, 3.05) is 7.05 Å². The summed E-state index contributed by atoms with van der Waals surface area (Å²) in [4.78, 5) is 0. The smallest absolute Gasteiger partial charge is 0.139 e. The van der Waals surface area contributed by atoms with Crippen molar-refractivity contribution in [2.24, 2.45) is 0 Å². The van der Waals surface area contributed by atoms with Crippen molar-refractivity contribution in [1.82, 2.24) is 5.32 Å². The summed E-state index contributed by atoms with van der Waals surface area (Å²) in [5.41, 5.74) is 3.26. The van der Waals surface area contributed by atoms with Crippen molar-refractivity contribution < 1.29 is 4.42 Å². The van der Waals surface area contributed by atoms with Gasteiger partial charge >= 0.3 is 0 Å².